The molecule has 5 N–H and O–H groups in total. The highest BCUT2D eigenvalue weighted by Gasteiger charge is 2.23. The number of carbonyl (C=O) groups is 1. The van der Waals surface area contributed by atoms with Gasteiger partial charge in [-0.1, -0.05) is 18.7 Å². The first-order valence-electron chi connectivity index (χ1n) is 13.2. The van der Waals surface area contributed by atoms with Crippen LogP contribution in [-0.2, 0) is 11.2 Å². The SMILES string of the molecule is C=C(/C=C(\N)Nc1ccnc(Nc2ccc(CCC(=O)NCCCN3CCN(C)CC3)cc2)n1)C1CC1. The van der Waals surface area contributed by atoms with E-state index in [9.17, 15) is 4.79 Å². The lowest BCUT2D eigenvalue weighted by Gasteiger charge is -2.32. The smallest absolute Gasteiger partial charge is 0.229 e. The van der Waals surface area contributed by atoms with Crippen LogP contribution in [0.3, 0.4) is 0 Å². The van der Waals surface area contributed by atoms with Gasteiger partial charge in [-0.25, -0.2) is 4.98 Å². The number of carbonyl (C=O) groups excluding carboxylic acids is 1. The Hall–Kier alpha value is -3.43. The van der Waals surface area contributed by atoms with E-state index in [0.717, 1.165) is 62.5 Å². The Morgan fingerprint density at radius 2 is 1.92 bits per heavy atom. The van der Waals surface area contributed by atoms with E-state index in [-0.39, 0.29) is 5.91 Å². The fourth-order valence-electron chi connectivity index (χ4n) is 4.28. The summed E-state index contributed by atoms with van der Waals surface area (Å²) in [5, 5.41) is 9.37. The zero-order chi connectivity index (χ0) is 26.0. The van der Waals surface area contributed by atoms with Gasteiger partial charge in [-0.2, -0.15) is 4.98 Å². The van der Waals surface area contributed by atoms with Crippen LogP contribution >= 0.6 is 0 Å². The van der Waals surface area contributed by atoms with Crippen molar-refractivity contribution in [2.75, 3.05) is 56.9 Å². The summed E-state index contributed by atoms with van der Waals surface area (Å²) in [6.45, 7) is 10.3. The number of likely N-dealkylation sites (N-methyl/N-ethyl adjacent to an activating group) is 1. The summed E-state index contributed by atoms with van der Waals surface area (Å²) < 4.78 is 0. The monoisotopic (exact) mass is 504 g/mol. The van der Waals surface area contributed by atoms with Gasteiger partial charge in [0.1, 0.15) is 11.6 Å². The van der Waals surface area contributed by atoms with Gasteiger partial charge in [-0.05, 0) is 80.6 Å². The number of aromatic nitrogens is 2. The van der Waals surface area contributed by atoms with Crippen LogP contribution in [-0.4, -0.2) is 72.0 Å². The molecule has 1 aromatic carbocycles. The van der Waals surface area contributed by atoms with Crippen LogP contribution in [0.25, 0.3) is 0 Å². The second-order valence-electron chi connectivity index (χ2n) is 10.0. The number of anilines is 3. The van der Waals surface area contributed by atoms with Crippen LogP contribution < -0.4 is 21.7 Å². The van der Waals surface area contributed by atoms with Gasteiger partial charge in [-0.15, -0.1) is 0 Å². The Morgan fingerprint density at radius 3 is 2.65 bits per heavy atom. The van der Waals surface area contributed by atoms with Gasteiger partial charge < -0.3 is 31.5 Å². The number of rotatable bonds is 13. The third kappa shape index (κ3) is 9.18. The molecule has 2 heterocycles. The number of hydrogen-bond donors (Lipinski definition) is 4. The summed E-state index contributed by atoms with van der Waals surface area (Å²) in [7, 11) is 2.16. The van der Waals surface area contributed by atoms with Gasteiger partial charge in [0.25, 0.3) is 0 Å². The summed E-state index contributed by atoms with van der Waals surface area (Å²) in [5.74, 6) is 2.28. The van der Waals surface area contributed by atoms with Gasteiger partial charge in [0.2, 0.25) is 11.9 Å². The fraction of sp³-hybridized carbons (Fsp3) is 0.464. The number of aryl methyl sites for hydroxylation is 1. The first-order chi connectivity index (χ1) is 17.9. The Balaban J connectivity index is 1.15. The topological polar surface area (TPSA) is 111 Å². The Bertz CT molecular complexity index is 1070. The van der Waals surface area contributed by atoms with Crippen LogP contribution in [0.15, 0.2) is 60.6 Å². The first-order valence-corrected chi connectivity index (χ1v) is 13.2. The average molecular weight is 505 g/mol. The van der Waals surface area contributed by atoms with Gasteiger partial charge in [0.15, 0.2) is 0 Å². The minimum Gasteiger partial charge on any atom is -0.385 e. The third-order valence-electron chi connectivity index (χ3n) is 6.79. The molecule has 37 heavy (non-hydrogen) atoms. The fourth-order valence-corrected chi connectivity index (χ4v) is 4.28. The molecular weight excluding hydrogens is 464 g/mol. The summed E-state index contributed by atoms with van der Waals surface area (Å²) in [6, 6.07) is 9.76. The van der Waals surface area contributed by atoms with Crippen molar-refractivity contribution in [3.8, 4) is 0 Å². The largest absolute Gasteiger partial charge is 0.385 e. The number of nitrogens with one attached hydrogen (secondary N) is 3. The molecular formula is C28H40N8O. The van der Waals surface area contributed by atoms with Crippen molar-refractivity contribution in [2.45, 2.75) is 32.1 Å². The lowest BCUT2D eigenvalue weighted by molar-refractivity contribution is -0.121. The average Bonchev–Trinajstić information content (AvgIpc) is 3.73. The van der Waals surface area contributed by atoms with Gasteiger partial charge >= 0.3 is 0 Å². The highest BCUT2D eigenvalue weighted by molar-refractivity contribution is 5.76. The minimum absolute atomic E-state index is 0.104. The Morgan fingerprint density at radius 1 is 1.16 bits per heavy atom. The number of hydrogen-bond acceptors (Lipinski definition) is 8. The Labute approximate surface area is 220 Å². The molecule has 2 aromatic rings. The Kier molecular flexibility index (Phi) is 9.51. The van der Waals surface area contributed by atoms with Crippen molar-refractivity contribution < 1.29 is 4.79 Å². The van der Waals surface area contributed by atoms with E-state index in [1.807, 2.05) is 30.3 Å². The maximum absolute atomic E-state index is 12.2. The van der Waals surface area contributed by atoms with Gasteiger partial charge in [-0.3, -0.25) is 4.79 Å². The van der Waals surface area contributed by atoms with Crippen molar-refractivity contribution in [3.05, 3.63) is 66.1 Å². The second-order valence-corrected chi connectivity index (χ2v) is 10.0. The standard InChI is InChI=1S/C28H40N8O/c1-21(23-7-8-23)20-25(29)33-26-12-14-31-28(34-26)32-24-9-4-22(5-10-24)6-11-27(37)30-13-3-15-36-18-16-35(2)17-19-36/h4-5,9-10,12,14,20,23H,1,3,6-8,11,13,15-19,29H2,2H3,(H,30,37)(H2,31,32,33,34)/b25-20+. The minimum atomic E-state index is 0.104. The molecule has 0 spiro atoms. The predicted molar refractivity (Wildman–Crippen MR) is 149 cm³/mol. The predicted octanol–water partition coefficient (Wildman–Crippen LogP) is 3.08. The number of amides is 1. The highest BCUT2D eigenvalue weighted by Crippen LogP contribution is 2.36. The summed E-state index contributed by atoms with van der Waals surface area (Å²) in [4.78, 5) is 25.8. The number of nitrogens with zero attached hydrogens (tertiary/aromatic N) is 4. The molecule has 1 aromatic heterocycles. The first kappa shape index (κ1) is 26.6. The highest BCUT2D eigenvalue weighted by atomic mass is 16.1. The van der Waals surface area contributed by atoms with E-state index in [1.165, 1.54) is 12.8 Å². The summed E-state index contributed by atoms with van der Waals surface area (Å²) in [5.41, 5.74) is 9.13. The molecule has 1 saturated heterocycles. The quantitative estimate of drug-likeness (QED) is 0.243. The van der Waals surface area contributed by atoms with Crippen molar-refractivity contribution in [1.29, 1.82) is 0 Å². The molecule has 1 amide bonds. The number of piperazine rings is 1. The molecule has 4 rings (SSSR count). The van der Waals surface area contributed by atoms with E-state index in [0.29, 0.717) is 36.3 Å². The van der Waals surface area contributed by atoms with Crippen LogP contribution in [0.2, 0.25) is 0 Å². The van der Waals surface area contributed by atoms with E-state index < -0.39 is 0 Å². The van der Waals surface area contributed by atoms with Crippen molar-refractivity contribution in [2.24, 2.45) is 11.7 Å². The molecule has 0 bridgehead atoms. The molecule has 0 radical (unpaired) electrons. The van der Waals surface area contributed by atoms with Gasteiger partial charge in [0, 0.05) is 51.0 Å². The molecule has 0 unspecified atom stereocenters. The second kappa shape index (κ2) is 13.2. The van der Waals surface area contributed by atoms with Crippen LogP contribution in [0, 0.1) is 5.92 Å². The zero-order valence-electron chi connectivity index (χ0n) is 21.9. The normalized spacial score (nSPS) is 16.8. The molecule has 198 valence electrons. The lowest BCUT2D eigenvalue weighted by Crippen LogP contribution is -2.45. The molecule has 9 nitrogen and oxygen atoms in total. The summed E-state index contributed by atoms with van der Waals surface area (Å²) >= 11 is 0. The number of nitrogens with two attached hydrogens (primary N) is 1. The van der Waals surface area contributed by atoms with E-state index in [4.69, 9.17) is 5.73 Å². The molecule has 0 atom stereocenters. The van der Waals surface area contributed by atoms with Crippen molar-refractivity contribution >= 4 is 23.4 Å². The molecule has 1 saturated carbocycles. The van der Waals surface area contributed by atoms with Crippen LogP contribution in [0.4, 0.5) is 17.5 Å². The zero-order valence-corrected chi connectivity index (χ0v) is 21.9. The summed E-state index contributed by atoms with van der Waals surface area (Å²) in [6.07, 6.45) is 8.12. The van der Waals surface area contributed by atoms with Crippen molar-refractivity contribution in [3.63, 3.8) is 0 Å². The van der Waals surface area contributed by atoms with Crippen LogP contribution in [0.5, 0.6) is 0 Å². The third-order valence-corrected chi connectivity index (χ3v) is 6.79. The molecule has 1 aliphatic carbocycles. The lowest BCUT2D eigenvalue weighted by atomic mass is 10.1. The van der Waals surface area contributed by atoms with E-state index in [2.05, 4.69) is 49.3 Å². The van der Waals surface area contributed by atoms with Crippen LogP contribution in [0.1, 0.15) is 31.2 Å². The molecule has 2 fully saturated rings. The van der Waals surface area contributed by atoms with E-state index in [1.54, 1.807) is 12.3 Å². The maximum Gasteiger partial charge on any atom is 0.229 e. The number of allylic oxidation sites excluding steroid dienone is 2. The molecule has 9 heteroatoms. The van der Waals surface area contributed by atoms with Gasteiger partial charge in [0.05, 0.1) is 0 Å². The van der Waals surface area contributed by atoms with Crippen molar-refractivity contribution in [1.82, 2.24) is 25.1 Å². The number of benzene rings is 1. The van der Waals surface area contributed by atoms with E-state index >= 15 is 0 Å². The molecule has 2 aliphatic rings. The molecule has 1 aliphatic heterocycles. The maximum atomic E-state index is 12.2.